The first-order chi connectivity index (χ1) is 13.9. The van der Waals surface area contributed by atoms with Gasteiger partial charge >= 0.3 is 5.97 Å². The van der Waals surface area contributed by atoms with Gasteiger partial charge in [0.2, 0.25) is 5.91 Å². The standard InChI is InChI=1S/C20H20N2O7/c1-13(24)21-15-4-6-16(7-5-15)22-19(25)11-29-20(26)12-28-17-8-3-14(10-23)9-18(17)27-2/h3-10H,11-12H2,1-2H3,(H,21,24)(H,22,25). The molecule has 0 spiro atoms. The molecule has 2 aromatic rings. The van der Waals surface area contributed by atoms with E-state index in [4.69, 9.17) is 14.2 Å². The third kappa shape index (κ3) is 6.98. The Labute approximate surface area is 166 Å². The van der Waals surface area contributed by atoms with Crippen LogP contribution in [-0.4, -0.2) is 44.4 Å². The largest absolute Gasteiger partial charge is 0.493 e. The number of aldehydes is 1. The van der Waals surface area contributed by atoms with Crippen LogP contribution in [0.3, 0.4) is 0 Å². The van der Waals surface area contributed by atoms with Gasteiger partial charge in [-0.2, -0.15) is 0 Å². The number of carbonyl (C=O) groups is 4. The molecule has 0 unspecified atom stereocenters. The number of anilines is 2. The smallest absolute Gasteiger partial charge is 0.344 e. The maximum absolute atomic E-state index is 11.9. The maximum atomic E-state index is 11.9. The molecular weight excluding hydrogens is 380 g/mol. The molecule has 0 atom stereocenters. The second-order valence-electron chi connectivity index (χ2n) is 5.78. The highest BCUT2D eigenvalue weighted by Crippen LogP contribution is 2.27. The Bertz CT molecular complexity index is 894. The predicted molar refractivity (Wildman–Crippen MR) is 104 cm³/mol. The maximum Gasteiger partial charge on any atom is 0.344 e. The second kappa shape index (κ2) is 10.5. The van der Waals surface area contributed by atoms with Gasteiger partial charge in [-0.3, -0.25) is 14.4 Å². The number of esters is 1. The van der Waals surface area contributed by atoms with E-state index in [0.717, 1.165) is 0 Å². The van der Waals surface area contributed by atoms with Crippen molar-refractivity contribution in [2.24, 2.45) is 0 Å². The van der Waals surface area contributed by atoms with E-state index in [-0.39, 0.29) is 11.7 Å². The Morgan fingerprint density at radius 2 is 1.59 bits per heavy atom. The van der Waals surface area contributed by atoms with Crippen molar-refractivity contribution in [2.75, 3.05) is 31.0 Å². The quantitative estimate of drug-likeness (QED) is 0.488. The first-order valence-corrected chi connectivity index (χ1v) is 8.50. The highest BCUT2D eigenvalue weighted by atomic mass is 16.6. The zero-order valence-corrected chi connectivity index (χ0v) is 15.9. The number of ether oxygens (including phenoxy) is 3. The van der Waals surface area contributed by atoms with Crippen molar-refractivity contribution in [3.05, 3.63) is 48.0 Å². The van der Waals surface area contributed by atoms with E-state index in [2.05, 4.69) is 10.6 Å². The molecule has 29 heavy (non-hydrogen) atoms. The molecule has 0 bridgehead atoms. The first kappa shape index (κ1) is 21.4. The van der Waals surface area contributed by atoms with E-state index >= 15 is 0 Å². The van der Waals surface area contributed by atoms with Crippen molar-refractivity contribution < 1.29 is 33.4 Å². The average Bonchev–Trinajstić information content (AvgIpc) is 2.71. The summed E-state index contributed by atoms with van der Waals surface area (Å²) < 4.78 is 15.3. The molecular formula is C20H20N2O7. The minimum absolute atomic E-state index is 0.201. The van der Waals surface area contributed by atoms with Gasteiger partial charge in [0.05, 0.1) is 7.11 Å². The minimum atomic E-state index is -0.748. The fraction of sp³-hybridized carbons (Fsp3) is 0.200. The molecule has 0 aliphatic carbocycles. The number of benzene rings is 2. The zero-order valence-electron chi connectivity index (χ0n) is 15.9. The summed E-state index contributed by atoms with van der Waals surface area (Å²) in [5, 5.41) is 5.17. The number of hydrogen-bond donors (Lipinski definition) is 2. The van der Waals surface area contributed by atoms with Gasteiger partial charge in [0.15, 0.2) is 24.7 Å². The Hall–Kier alpha value is -3.88. The lowest BCUT2D eigenvalue weighted by Crippen LogP contribution is -2.23. The van der Waals surface area contributed by atoms with E-state index in [0.29, 0.717) is 29.0 Å². The van der Waals surface area contributed by atoms with Crippen LogP contribution in [0.15, 0.2) is 42.5 Å². The van der Waals surface area contributed by atoms with Crippen molar-refractivity contribution in [1.29, 1.82) is 0 Å². The van der Waals surface area contributed by atoms with Crippen LogP contribution in [0.5, 0.6) is 11.5 Å². The van der Waals surface area contributed by atoms with Gasteiger partial charge in [-0.25, -0.2) is 4.79 Å². The van der Waals surface area contributed by atoms with Gasteiger partial charge < -0.3 is 24.8 Å². The molecule has 9 nitrogen and oxygen atoms in total. The van der Waals surface area contributed by atoms with Gasteiger partial charge in [0, 0.05) is 23.9 Å². The van der Waals surface area contributed by atoms with Gasteiger partial charge in [0.1, 0.15) is 6.29 Å². The summed E-state index contributed by atoms with van der Waals surface area (Å²) in [6, 6.07) is 10.9. The van der Waals surface area contributed by atoms with E-state index in [1.165, 1.54) is 32.2 Å². The van der Waals surface area contributed by atoms with Crippen molar-refractivity contribution in [1.82, 2.24) is 0 Å². The normalized spacial score (nSPS) is 9.86. The molecule has 0 heterocycles. The third-order valence-corrected chi connectivity index (χ3v) is 3.52. The highest BCUT2D eigenvalue weighted by Gasteiger charge is 2.11. The number of methoxy groups -OCH3 is 1. The van der Waals surface area contributed by atoms with Crippen LogP contribution in [0, 0.1) is 0 Å². The first-order valence-electron chi connectivity index (χ1n) is 8.50. The lowest BCUT2D eigenvalue weighted by molar-refractivity contribution is -0.149. The molecule has 0 aromatic heterocycles. The Morgan fingerprint density at radius 1 is 0.931 bits per heavy atom. The third-order valence-electron chi connectivity index (χ3n) is 3.52. The summed E-state index contributed by atoms with van der Waals surface area (Å²) in [5.74, 6) is -0.920. The molecule has 0 saturated carbocycles. The number of rotatable bonds is 9. The Balaban J connectivity index is 1.78. The molecule has 0 radical (unpaired) electrons. The Kier molecular flexibility index (Phi) is 7.72. The van der Waals surface area contributed by atoms with Crippen LogP contribution in [0.25, 0.3) is 0 Å². The Morgan fingerprint density at radius 3 is 2.17 bits per heavy atom. The van der Waals surface area contributed by atoms with E-state index in [1.54, 1.807) is 24.3 Å². The predicted octanol–water partition coefficient (Wildman–Crippen LogP) is 2.03. The average molecular weight is 400 g/mol. The molecule has 2 amide bonds. The molecule has 2 N–H and O–H groups in total. The molecule has 2 rings (SSSR count). The van der Waals surface area contributed by atoms with E-state index in [1.807, 2.05) is 0 Å². The molecule has 152 valence electrons. The summed E-state index contributed by atoms with van der Waals surface area (Å²) >= 11 is 0. The van der Waals surface area contributed by atoms with Crippen molar-refractivity contribution >= 4 is 35.4 Å². The summed E-state index contributed by atoms with van der Waals surface area (Å²) in [7, 11) is 1.40. The summed E-state index contributed by atoms with van der Waals surface area (Å²) in [6.45, 7) is 0.469. The number of hydrogen-bond acceptors (Lipinski definition) is 7. The molecule has 0 saturated heterocycles. The van der Waals surface area contributed by atoms with E-state index < -0.39 is 25.1 Å². The minimum Gasteiger partial charge on any atom is -0.493 e. The van der Waals surface area contributed by atoms with Gasteiger partial charge in [-0.05, 0) is 42.5 Å². The molecule has 0 aliphatic heterocycles. The monoisotopic (exact) mass is 400 g/mol. The van der Waals surface area contributed by atoms with Crippen molar-refractivity contribution in [3.63, 3.8) is 0 Å². The SMILES string of the molecule is COc1cc(C=O)ccc1OCC(=O)OCC(=O)Nc1ccc(NC(C)=O)cc1. The van der Waals surface area contributed by atoms with Gasteiger partial charge in [-0.1, -0.05) is 0 Å². The second-order valence-corrected chi connectivity index (χ2v) is 5.78. The number of carbonyl (C=O) groups excluding carboxylic acids is 4. The van der Waals surface area contributed by atoms with Crippen LogP contribution in [-0.2, 0) is 19.1 Å². The van der Waals surface area contributed by atoms with Gasteiger partial charge in [-0.15, -0.1) is 0 Å². The topological polar surface area (TPSA) is 120 Å². The lowest BCUT2D eigenvalue weighted by atomic mass is 10.2. The van der Waals surface area contributed by atoms with Gasteiger partial charge in [0.25, 0.3) is 5.91 Å². The summed E-state index contributed by atoms with van der Waals surface area (Å²) in [5.41, 5.74) is 1.48. The number of nitrogens with one attached hydrogen (secondary N) is 2. The van der Waals surface area contributed by atoms with Crippen LogP contribution in [0.4, 0.5) is 11.4 Å². The number of amides is 2. The molecule has 2 aromatic carbocycles. The van der Waals surface area contributed by atoms with E-state index in [9.17, 15) is 19.2 Å². The highest BCUT2D eigenvalue weighted by molar-refractivity contribution is 5.93. The lowest BCUT2D eigenvalue weighted by Gasteiger charge is -2.11. The molecule has 9 heteroatoms. The van der Waals surface area contributed by atoms with Crippen molar-refractivity contribution in [2.45, 2.75) is 6.92 Å². The van der Waals surface area contributed by atoms with Crippen molar-refractivity contribution in [3.8, 4) is 11.5 Å². The molecule has 0 fully saturated rings. The van der Waals surface area contributed by atoms with Crippen LogP contribution >= 0.6 is 0 Å². The van der Waals surface area contributed by atoms with Crippen LogP contribution in [0.1, 0.15) is 17.3 Å². The van der Waals surface area contributed by atoms with Crippen LogP contribution < -0.4 is 20.1 Å². The summed E-state index contributed by atoms with van der Waals surface area (Å²) in [6.07, 6.45) is 0.659. The van der Waals surface area contributed by atoms with Crippen LogP contribution in [0.2, 0.25) is 0 Å². The zero-order chi connectivity index (χ0) is 21.2. The fourth-order valence-corrected chi connectivity index (χ4v) is 2.24. The molecule has 0 aliphatic rings. The summed E-state index contributed by atoms with van der Waals surface area (Å²) in [4.78, 5) is 45.4. The fourth-order valence-electron chi connectivity index (χ4n) is 2.24.